The second kappa shape index (κ2) is 8.83. The van der Waals surface area contributed by atoms with Crippen molar-refractivity contribution in [1.82, 2.24) is 14.9 Å². The minimum Gasteiger partial charge on any atom is -0.481 e. The minimum absolute atomic E-state index is 0.601. The van der Waals surface area contributed by atoms with Crippen LogP contribution in [0, 0.1) is 0 Å². The fourth-order valence-corrected chi connectivity index (χ4v) is 4.03. The van der Waals surface area contributed by atoms with Crippen LogP contribution in [0.2, 0.25) is 0 Å². The first-order valence-corrected chi connectivity index (χ1v) is 10.6. The van der Waals surface area contributed by atoms with Crippen LogP contribution in [0.1, 0.15) is 16.8 Å². The summed E-state index contributed by atoms with van der Waals surface area (Å²) in [4.78, 5) is 12.4. The van der Waals surface area contributed by atoms with E-state index >= 15 is 0 Å². The topological polar surface area (TPSA) is 65.7 Å². The largest absolute Gasteiger partial charge is 0.481 e. The number of morpholine rings is 1. The SMILES string of the molecule is COc1ccc(NC2=CN(c3ccc(CN4CCOCC4)cc3)Cc3[nH]ccc32)cn1. The lowest BCUT2D eigenvalue weighted by atomic mass is 10.1. The molecule has 0 radical (unpaired) electrons. The number of pyridine rings is 1. The van der Waals surface area contributed by atoms with Crippen molar-refractivity contribution in [2.75, 3.05) is 43.6 Å². The molecule has 0 atom stereocenters. The fourth-order valence-electron chi connectivity index (χ4n) is 4.03. The van der Waals surface area contributed by atoms with Gasteiger partial charge in [0.25, 0.3) is 0 Å². The number of ether oxygens (including phenoxy) is 2. The number of rotatable bonds is 6. The average Bonchev–Trinajstić information content (AvgIpc) is 3.30. The Balaban J connectivity index is 1.34. The van der Waals surface area contributed by atoms with E-state index in [0.29, 0.717) is 5.88 Å². The Morgan fingerprint density at radius 2 is 1.94 bits per heavy atom. The molecule has 3 aromatic rings. The van der Waals surface area contributed by atoms with Gasteiger partial charge in [0.15, 0.2) is 0 Å². The molecule has 0 amide bonds. The van der Waals surface area contributed by atoms with Gasteiger partial charge in [-0.05, 0) is 29.8 Å². The highest BCUT2D eigenvalue weighted by Crippen LogP contribution is 2.31. The standard InChI is InChI=1S/C24H27N5O2/c1-30-24-7-4-19(14-26-24)27-23-17-29(16-22-21(23)8-9-25-22)20-5-2-18(3-6-20)15-28-10-12-31-13-11-28/h2-9,14,17,25,27H,10-13,15-16H2,1H3. The van der Waals surface area contributed by atoms with E-state index in [1.54, 1.807) is 13.3 Å². The van der Waals surface area contributed by atoms with Crippen molar-refractivity contribution in [3.63, 3.8) is 0 Å². The van der Waals surface area contributed by atoms with Gasteiger partial charge in [0.05, 0.1) is 44.4 Å². The number of nitrogens with one attached hydrogen (secondary N) is 2. The molecule has 160 valence electrons. The van der Waals surface area contributed by atoms with E-state index in [9.17, 15) is 0 Å². The van der Waals surface area contributed by atoms with E-state index in [1.807, 2.05) is 18.3 Å². The summed E-state index contributed by atoms with van der Waals surface area (Å²) < 4.78 is 10.6. The molecule has 0 unspecified atom stereocenters. The van der Waals surface area contributed by atoms with E-state index in [0.717, 1.165) is 56.5 Å². The summed E-state index contributed by atoms with van der Waals surface area (Å²) >= 11 is 0. The number of methoxy groups -OCH3 is 1. The van der Waals surface area contributed by atoms with Gasteiger partial charge in [-0.2, -0.15) is 0 Å². The van der Waals surface area contributed by atoms with Crippen molar-refractivity contribution in [1.29, 1.82) is 0 Å². The van der Waals surface area contributed by atoms with Gasteiger partial charge in [-0.15, -0.1) is 0 Å². The Kier molecular flexibility index (Phi) is 5.60. The fraction of sp³-hybridized carbons (Fsp3) is 0.292. The van der Waals surface area contributed by atoms with Crippen LogP contribution in [0.4, 0.5) is 11.4 Å². The van der Waals surface area contributed by atoms with Gasteiger partial charge in [0, 0.05) is 55.0 Å². The maximum Gasteiger partial charge on any atom is 0.213 e. The molecular weight excluding hydrogens is 390 g/mol. The molecule has 0 aliphatic carbocycles. The molecule has 31 heavy (non-hydrogen) atoms. The normalized spacial score (nSPS) is 16.5. The summed E-state index contributed by atoms with van der Waals surface area (Å²) in [5, 5.41) is 3.50. The van der Waals surface area contributed by atoms with Crippen LogP contribution in [0.3, 0.4) is 0 Å². The molecule has 2 aliphatic rings. The van der Waals surface area contributed by atoms with Gasteiger partial charge < -0.3 is 24.7 Å². The molecule has 1 aromatic carbocycles. The van der Waals surface area contributed by atoms with E-state index in [1.165, 1.54) is 16.8 Å². The van der Waals surface area contributed by atoms with Crippen LogP contribution >= 0.6 is 0 Å². The molecule has 2 aliphatic heterocycles. The van der Waals surface area contributed by atoms with Gasteiger partial charge in [-0.1, -0.05) is 12.1 Å². The van der Waals surface area contributed by atoms with Crippen LogP contribution in [-0.2, 0) is 17.8 Å². The number of aromatic amines is 1. The Bertz CT molecular complexity index is 1040. The van der Waals surface area contributed by atoms with Crippen molar-refractivity contribution in [3.05, 3.63) is 77.9 Å². The maximum atomic E-state index is 5.45. The Labute approximate surface area is 182 Å². The van der Waals surface area contributed by atoms with Crippen molar-refractivity contribution in [3.8, 4) is 5.88 Å². The summed E-state index contributed by atoms with van der Waals surface area (Å²) in [5.41, 5.74) is 6.81. The van der Waals surface area contributed by atoms with Gasteiger partial charge in [-0.3, -0.25) is 4.90 Å². The Morgan fingerprint density at radius 1 is 1.10 bits per heavy atom. The molecular formula is C24H27N5O2. The van der Waals surface area contributed by atoms with Crippen molar-refractivity contribution < 1.29 is 9.47 Å². The van der Waals surface area contributed by atoms with Crippen LogP contribution in [0.5, 0.6) is 5.88 Å². The van der Waals surface area contributed by atoms with Gasteiger partial charge in [0.2, 0.25) is 5.88 Å². The molecule has 0 saturated carbocycles. The van der Waals surface area contributed by atoms with Crippen LogP contribution in [0.15, 0.2) is 61.1 Å². The number of aromatic nitrogens is 2. The Hall–Kier alpha value is -3.29. The van der Waals surface area contributed by atoms with Crippen LogP contribution in [-0.4, -0.2) is 48.3 Å². The number of nitrogens with zero attached hydrogens (tertiary/aromatic N) is 3. The lowest BCUT2D eigenvalue weighted by Gasteiger charge is -2.28. The van der Waals surface area contributed by atoms with Gasteiger partial charge in [-0.25, -0.2) is 4.98 Å². The molecule has 7 nitrogen and oxygen atoms in total. The van der Waals surface area contributed by atoms with Crippen molar-refractivity contribution in [2.24, 2.45) is 0 Å². The third-order valence-corrected chi connectivity index (χ3v) is 5.74. The van der Waals surface area contributed by atoms with Gasteiger partial charge >= 0.3 is 0 Å². The van der Waals surface area contributed by atoms with E-state index in [4.69, 9.17) is 9.47 Å². The van der Waals surface area contributed by atoms with E-state index in [-0.39, 0.29) is 0 Å². The lowest BCUT2D eigenvalue weighted by Crippen LogP contribution is -2.35. The molecule has 1 fully saturated rings. The molecule has 2 aromatic heterocycles. The van der Waals surface area contributed by atoms with Crippen LogP contribution in [0.25, 0.3) is 5.70 Å². The number of anilines is 2. The average molecular weight is 418 g/mol. The first kappa shape index (κ1) is 19.7. The first-order chi connectivity index (χ1) is 15.3. The zero-order chi connectivity index (χ0) is 21.0. The predicted octanol–water partition coefficient (Wildman–Crippen LogP) is 3.68. The predicted molar refractivity (Wildman–Crippen MR) is 122 cm³/mol. The van der Waals surface area contributed by atoms with E-state index in [2.05, 4.69) is 61.6 Å². The summed E-state index contributed by atoms with van der Waals surface area (Å²) in [6.07, 6.45) is 5.93. The molecule has 7 heteroatoms. The third kappa shape index (κ3) is 4.42. The highest BCUT2D eigenvalue weighted by atomic mass is 16.5. The van der Waals surface area contributed by atoms with Crippen LogP contribution < -0.4 is 15.0 Å². The van der Waals surface area contributed by atoms with Gasteiger partial charge in [0.1, 0.15) is 0 Å². The zero-order valence-electron chi connectivity index (χ0n) is 17.7. The van der Waals surface area contributed by atoms with E-state index < -0.39 is 0 Å². The molecule has 4 heterocycles. The molecule has 0 spiro atoms. The zero-order valence-corrected chi connectivity index (χ0v) is 17.7. The van der Waals surface area contributed by atoms with Crippen molar-refractivity contribution in [2.45, 2.75) is 13.1 Å². The van der Waals surface area contributed by atoms with Crippen molar-refractivity contribution >= 4 is 17.1 Å². The number of fused-ring (bicyclic) bond motifs is 1. The molecule has 2 N–H and O–H groups in total. The number of hydrogen-bond donors (Lipinski definition) is 2. The monoisotopic (exact) mass is 417 g/mol. The number of H-pyrrole nitrogens is 1. The first-order valence-electron chi connectivity index (χ1n) is 10.6. The second-order valence-electron chi connectivity index (χ2n) is 7.81. The molecule has 0 bridgehead atoms. The third-order valence-electron chi connectivity index (χ3n) is 5.74. The molecule has 1 saturated heterocycles. The summed E-state index contributed by atoms with van der Waals surface area (Å²) in [6, 6.07) is 14.8. The Morgan fingerprint density at radius 3 is 2.68 bits per heavy atom. The highest BCUT2D eigenvalue weighted by molar-refractivity contribution is 5.81. The summed E-state index contributed by atoms with van der Waals surface area (Å²) in [5.74, 6) is 0.601. The lowest BCUT2D eigenvalue weighted by molar-refractivity contribution is 0.0342. The highest BCUT2D eigenvalue weighted by Gasteiger charge is 2.20. The minimum atomic E-state index is 0.601. The number of hydrogen-bond acceptors (Lipinski definition) is 6. The quantitative estimate of drug-likeness (QED) is 0.638. The smallest absolute Gasteiger partial charge is 0.213 e. The maximum absolute atomic E-state index is 5.45. The summed E-state index contributed by atoms with van der Waals surface area (Å²) in [6.45, 7) is 5.43. The molecule has 5 rings (SSSR count). The number of benzene rings is 1. The summed E-state index contributed by atoms with van der Waals surface area (Å²) in [7, 11) is 1.62. The second-order valence-corrected chi connectivity index (χ2v) is 7.81.